The van der Waals surface area contributed by atoms with Crippen LogP contribution in [-0.4, -0.2) is 31.2 Å². The predicted octanol–water partition coefficient (Wildman–Crippen LogP) is 5.00. The number of hydrogen-bond donors (Lipinski definition) is 1. The highest BCUT2D eigenvalue weighted by Gasteiger charge is 2.22. The van der Waals surface area contributed by atoms with Gasteiger partial charge in [0, 0.05) is 20.0 Å². The third-order valence-electron chi connectivity index (χ3n) is 5.33. The van der Waals surface area contributed by atoms with E-state index in [-0.39, 0.29) is 18.0 Å². The highest BCUT2D eigenvalue weighted by Crippen LogP contribution is 2.34. The zero-order valence-corrected chi connectivity index (χ0v) is 18.1. The van der Waals surface area contributed by atoms with Crippen molar-refractivity contribution < 1.29 is 14.3 Å². The van der Waals surface area contributed by atoms with Crippen molar-refractivity contribution >= 4 is 6.03 Å². The van der Waals surface area contributed by atoms with E-state index in [1.165, 1.54) is 11.1 Å². The van der Waals surface area contributed by atoms with Gasteiger partial charge >= 0.3 is 6.03 Å². The lowest BCUT2D eigenvalue weighted by molar-refractivity contribution is 0.198. The molecule has 1 atom stereocenters. The summed E-state index contributed by atoms with van der Waals surface area (Å²) in [5.41, 5.74) is 4.61. The average molecular weight is 397 g/mol. The third kappa shape index (κ3) is 5.22. The van der Waals surface area contributed by atoms with Gasteiger partial charge in [-0.25, -0.2) is 4.79 Å². The summed E-state index contributed by atoms with van der Waals surface area (Å²) in [6.45, 7) is 10.3. The predicted molar refractivity (Wildman–Crippen MR) is 116 cm³/mol. The van der Waals surface area contributed by atoms with Crippen LogP contribution in [0.1, 0.15) is 48.6 Å². The molecule has 0 saturated heterocycles. The third-order valence-corrected chi connectivity index (χ3v) is 5.33. The number of ether oxygens (including phenoxy) is 2. The second kappa shape index (κ2) is 9.21. The number of amides is 2. The number of carbonyl (C=O) groups excluding carboxylic acids is 1. The van der Waals surface area contributed by atoms with Gasteiger partial charge in [-0.3, -0.25) is 0 Å². The molecule has 29 heavy (non-hydrogen) atoms. The van der Waals surface area contributed by atoms with E-state index >= 15 is 0 Å². The Morgan fingerprint density at radius 2 is 1.79 bits per heavy atom. The quantitative estimate of drug-likeness (QED) is 0.773. The first-order chi connectivity index (χ1) is 13.8. The van der Waals surface area contributed by atoms with E-state index in [1.54, 1.807) is 4.90 Å². The van der Waals surface area contributed by atoms with Crippen molar-refractivity contribution in [2.24, 2.45) is 5.92 Å². The van der Waals surface area contributed by atoms with E-state index in [9.17, 15) is 4.79 Å². The zero-order valence-electron chi connectivity index (χ0n) is 18.1. The number of aryl methyl sites for hydroxylation is 2. The number of nitrogens with zero attached hydrogens (tertiary/aromatic N) is 1. The summed E-state index contributed by atoms with van der Waals surface area (Å²) in [7, 11) is 1.83. The first-order valence-electron chi connectivity index (χ1n) is 10.3. The smallest absolute Gasteiger partial charge is 0.317 e. The van der Waals surface area contributed by atoms with Gasteiger partial charge in [0.15, 0.2) is 11.5 Å². The number of rotatable bonds is 5. The highest BCUT2D eigenvalue weighted by atomic mass is 16.5. The van der Waals surface area contributed by atoms with E-state index in [4.69, 9.17) is 9.47 Å². The Kier molecular flexibility index (Phi) is 6.68. The molecule has 1 aliphatic heterocycles. The highest BCUT2D eigenvalue weighted by molar-refractivity contribution is 5.74. The molecule has 2 aromatic carbocycles. The van der Waals surface area contributed by atoms with E-state index in [0.717, 1.165) is 29.0 Å². The maximum atomic E-state index is 12.9. The monoisotopic (exact) mass is 396 g/mol. The van der Waals surface area contributed by atoms with Gasteiger partial charge < -0.3 is 19.7 Å². The molecule has 5 heteroatoms. The first-order valence-corrected chi connectivity index (χ1v) is 10.3. The van der Waals surface area contributed by atoms with E-state index < -0.39 is 0 Å². The Balaban J connectivity index is 1.73. The van der Waals surface area contributed by atoms with Gasteiger partial charge in [0.25, 0.3) is 0 Å². The molecule has 3 rings (SSSR count). The van der Waals surface area contributed by atoms with Gasteiger partial charge in [0.1, 0.15) is 0 Å². The van der Waals surface area contributed by atoms with Crippen molar-refractivity contribution in [2.45, 2.75) is 46.7 Å². The van der Waals surface area contributed by atoms with Crippen LogP contribution in [0.4, 0.5) is 4.79 Å². The summed E-state index contributed by atoms with van der Waals surface area (Å²) < 4.78 is 11.6. The van der Waals surface area contributed by atoms with Gasteiger partial charge in [0.2, 0.25) is 0 Å². The Morgan fingerprint density at radius 1 is 1.07 bits per heavy atom. The molecule has 1 heterocycles. The summed E-state index contributed by atoms with van der Waals surface area (Å²) in [4.78, 5) is 14.6. The summed E-state index contributed by atoms with van der Waals surface area (Å²) in [5, 5.41) is 3.20. The molecule has 0 spiro atoms. The fourth-order valence-electron chi connectivity index (χ4n) is 3.60. The van der Waals surface area contributed by atoms with Crippen LogP contribution in [0.5, 0.6) is 11.5 Å². The SMILES string of the molecule is Cc1ccc(CN(C)C(=O)NC(c2ccc3c(c2)OCCCO3)C(C)C)c(C)c1. The molecule has 1 unspecified atom stereocenters. The Morgan fingerprint density at radius 3 is 2.48 bits per heavy atom. The Bertz CT molecular complexity index is 863. The standard InChI is InChI=1S/C24H32N2O3/c1-16(2)23(19-9-10-21-22(14-19)29-12-6-11-28-21)25-24(27)26(5)15-20-8-7-17(3)13-18(20)4/h7-10,13-14,16,23H,6,11-12,15H2,1-5H3,(H,25,27). The molecule has 5 nitrogen and oxygen atoms in total. The van der Waals surface area contributed by atoms with Gasteiger partial charge in [-0.2, -0.15) is 0 Å². The lowest BCUT2D eigenvalue weighted by Crippen LogP contribution is -2.40. The Labute approximate surface area is 174 Å². The molecule has 0 aliphatic carbocycles. The van der Waals surface area contributed by atoms with Crippen molar-refractivity contribution in [3.63, 3.8) is 0 Å². The fraction of sp³-hybridized carbons (Fsp3) is 0.458. The number of carbonyl (C=O) groups is 1. The molecule has 0 bridgehead atoms. The Hall–Kier alpha value is -2.69. The second-order valence-electron chi connectivity index (χ2n) is 8.21. The number of benzene rings is 2. The van der Waals surface area contributed by atoms with Crippen LogP contribution in [0.25, 0.3) is 0 Å². The number of hydrogen-bond acceptors (Lipinski definition) is 3. The minimum atomic E-state index is -0.110. The number of nitrogens with one attached hydrogen (secondary N) is 1. The summed E-state index contributed by atoms with van der Waals surface area (Å²) in [5.74, 6) is 1.76. The molecular formula is C24H32N2O3. The summed E-state index contributed by atoms with van der Waals surface area (Å²) in [6, 6.07) is 12.1. The topological polar surface area (TPSA) is 50.8 Å². The number of fused-ring (bicyclic) bond motifs is 1. The van der Waals surface area contributed by atoms with Crippen LogP contribution in [0.3, 0.4) is 0 Å². The maximum absolute atomic E-state index is 12.9. The van der Waals surface area contributed by atoms with Gasteiger partial charge in [-0.15, -0.1) is 0 Å². The van der Waals surface area contributed by atoms with Crippen molar-refractivity contribution in [3.8, 4) is 11.5 Å². The molecule has 0 radical (unpaired) electrons. The molecule has 0 saturated carbocycles. The lowest BCUT2D eigenvalue weighted by Gasteiger charge is -2.27. The van der Waals surface area contributed by atoms with Crippen molar-refractivity contribution in [1.82, 2.24) is 10.2 Å². The van der Waals surface area contributed by atoms with Gasteiger partial charge in [-0.1, -0.05) is 43.7 Å². The summed E-state index contributed by atoms with van der Waals surface area (Å²) in [6.07, 6.45) is 0.873. The first kappa shape index (κ1) is 21.0. The van der Waals surface area contributed by atoms with Crippen molar-refractivity contribution in [2.75, 3.05) is 20.3 Å². The molecule has 0 aromatic heterocycles. The van der Waals surface area contributed by atoms with Crippen LogP contribution in [0, 0.1) is 19.8 Å². The largest absolute Gasteiger partial charge is 0.490 e. The van der Waals surface area contributed by atoms with Gasteiger partial charge in [-0.05, 0) is 48.6 Å². The van der Waals surface area contributed by atoms with Crippen molar-refractivity contribution in [3.05, 3.63) is 58.7 Å². The second-order valence-corrected chi connectivity index (χ2v) is 8.21. The van der Waals surface area contributed by atoms with Crippen LogP contribution < -0.4 is 14.8 Å². The van der Waals surface area contributed by atoms with Crippen LogP contribution >= 0.6 is 0 Å². The van der Waals surface area contributed by atoms with Crippen LogP contribution in [0.15, 0.2) is 36.4 Å². The van der Waals surface area contributed by atoms with Crippen LogP contribution in [-0.2, 0) is 6.54 Å². The molecular weight excluding hydrogens is 364 g/mol. The van der Waals surface area contributed by atoms with Gasteiger partial charge in [0.05, 0.1) is 19.3 Å². The van der Waals surface area contributed by atoms with E-state index in [0.29, 0.717) is 19.8 Å². The van der Waals surface area contributed by atoms with Crippen molar-refractivity contribution in [1.29, 1.82) is 0 Å². The number of urea groups is 1. The fourth-order valence-corrected chi connectivity index (χ4v) is 3.60. The minimum absolute atomic E-state index is 0.0872. The lowest BCUT2D eigenvalue weighted by atomic mass is 9.95. The normalized spacial score (nSPS) is 14.3. The molecule has 2 aromatic rings. The zero-order chi connectivity index (χ0) is 21.0. The van der Waals surface area contributed by atoms with E-state index in [1.807, 2.05) is 25.2 Å². The molecule has 2 amide bonds. The molecule has 156 valence electrons. The average Bonchev–Trinajstić information content (AvgIpc) is 2.92. The summed E-state index contributed by atoms with van der Waals surface area (Å²) >= 11 is 0. The minimum Gasteiger partial charge on any atom is -0.490 e. The molecule has 1 aliphatic rings. The molecule has 0 fully saturated rings. The van der Waals surface area contributed by atoms with Crippen LogP contribution in [0.2, 0.25) is 0 Å². The molecule has 1 N–H and O–H groups in total. The maximum Gasteiger partial charge on any atom is 0.317 e. The van der Waals surface area contributed by atoms with E-state index in [2.05, 4.69) is 51.2 Å².